The normalized spacial score (nSPS) is 12.5. The molecule has 0 aliphatic rings. The van der Waals surface area contributed by atoms with Gasteiger partial charge in [-0.25, -0.2) is 0 Å². The molecule has 0 bridgehead atoms. The summed E-state index contributed by atoms with van der Waals surface area (Å²) >= 11 is 0. The standard InChI is InChI=1S/C27H50O12/c1-10-33-25(7,34-11-2)16-22(28)31-19-21(39-24(30)18-27(9,37-14-5)38-15-6)20-32-23(29)17-26(8,35-12-3)36-13-4/h21H,10-20H2,1-9H3. The van der Waals surface area contributed by atoms with Crippen LogP contribution in [-0.4, -0.2) is 94.2 Å². The molecule has 12 nitrogen and oxygen atoms in total. The lowest BCUT2D eigenvalue weighted by atomic mass is 10.2. The SMILES string of the molecule is CCOC(C)(CC(=O)OCC(COC(=O)CC(C)(OCC)OCC)OC(=O)CC(C)(OCC)OCC)OCC. The van der Waals surface area contributed by atoms with Crippen LogP contribution in [0.5, 0.6) is 0 Å². The Morgan fingerprint density at radius 3 is 1.00 bits per heavy atom. The number of ether oxygens (including phenoxy) is 9. The van der Waals surface area contributed by atoms with Gasteiger partial charge in [0.25, 0.3) is 0 Å². The second-order valence-corrected chi connectivity index (χ2v) is 9.01. The summed E-state index contributed by atoms with van der Waals surface area (Å²) < 4.78 is 49.5. The summed E-state index contributed by atoms with van der Waals surface area (Å²) in [6, 6.07) is 0. The second-order valence-electron chi connectivity index (χ2n) is 9.01. The fourth-order valence-corrected chi connectivity index (χ4v) is 3.87. The van der Waals surface area contributed by atoms with Crippen LogP contribution < -0.4 is 0 Å². The van der Waals surface area contributed by atoms with Crippen molar-refractivity contribution in [3.05, 3.63) is 0 Å². The van der Waals surface area contributed by atoms with Crippen molar-refractivity contribution in [2.45, 2.75) is 105 Å². The van der Waals surface area contributed by atoms with Crippen LogP contribution in [0.3, 0.4) is 0 Å². The van der Waals surface area contributed by atoms with E-state index in [9.17, 15) is 14.4 Å². The Balaban J connectivity index is 5.42. The number of carbonyl (C=O) groups excluding carboxylic acids is 3. The Kier molecular flexibility index (Phi) is 18.4. The molecule has 39 heavy (non-hydrogen) atoms. The van der Waals surface area contributed by atoms with Gasteiger partial charge in [-0.05, 0) is 62.3 Å². The number of esters is 3. The minimum atomic E-state index is -1.20. The van der Waals surface area contributed by atoms with E-state index in [0.717, 1.165) is 0 Å². The Labute approximate surface area is 233 Å². The molecule has 0 N–H and O–H groups in total. The fourth-order valence-electron chi connectivity index (χ4n) is 3.87. The van der Waals surface area contributed by atoms with Gasteiger partial charge in [0.05, 0.1) is 19.3 Å². The summed E-state index contributed by atoms with van der Waals surface area (Å²) in [4.78, 5) is 37.9. The molecule has 0 aromatic heterocycles. The molecule has 0 aliphatic carbocycles. The zero-order chi connectivity index (χ0) is 30.0. The summed E-state index contributed by atoms with van der Waals surface area (Å²) in [5, 5.41) is 0. The lowest BCUT2D eigenvalue weighted by molar-refractivity contribution is -0.234. The summed E-state index contributed by atoms with van der Waals surface area (Å²) in [7, 11) is 0. The van der Waals surface area contributed by atoms with Gasteiger partial charge in [0.2, 0.25) is 0 Å². The van der Waals surface area contributed by atoms with Crippen molar-refractivity contribution in [1.29, 1.82) is 0 Å². The van der Waals surface area contributed by atoms with Gasteiger partial charge in [-0.1, -0.05) is 0 Å². The molecule has 0 atom stereocenters. The van der Waals surface area contributed by atoms with Crippen molar-refractivity contribution in [3.63, 3.8) is 0 Å². The van der Waals surface area contributed by atoms with Gasteiger partial charge in [-0.3, -0.25) is 14.4 Å². The van der Waals surface area contributed by atoms with E-state index in [1.54, 1.807) is 62.3 Å². The van der Waals surface area contributed by atoms with Crippen molar-refractivity contribution >= 4 is 17.9 Å². The van der Waals surface area contributed by atoms with E-state index in [-0.39, 0.29) is 32.5 Å². The van der Waals surface area contributed by atoms with Gasteiger partial charge in [-0.2, -0.15) is 0 Å². The topological polar surface area (TPSA) is 134 Å². The molecule has 0 unspecified atom stereocenters. The highest BCUT2D eigenvalue weighted by Crippen LogP contribution is 2.21. The van der Waals surface area contributed by atoms with Crippen LogP contribution in [-0.2, 0) is 57.0 Å². The van der Waals surface area contributed by atoms with E-state index in [0.29, 0.717) is 39.6 Å². The molecule has 0 heterocycles. The number of hydrogen-bond acceptors (Lipinski definition) is 12. The van der Waals surface area contributed by atoms with Gasteiger partial charge < -0.3 is 42.6 Å². The minimum Gasteiger partial charge on any atom is -0.461 e. The molecule has 0 aliphatic heterocycles. The zero-order valence-corrected chi connectivity index (χ0v) is 25.3. The van der Waals surface area contributed by atoms with E-state index in [1.807, 2.05) is 0 Å². The van der Waals surface area contributed by atoms with E-state index >= 15 is 0 Å². The Morgan fingerprint density at radius 1 is 0.487 bits per heavy atom. The minimum absolute atomic E-state index is 0.192. The highest BCUT2D eigenvalue weighted by Gasteiger charge is 2.34. The quantitative estimate of drug-likeness (QED) is 0.102. The Hall–Kier alpha value is -1.83. The third-order valence-corrected chi connectivity index (χ3v) is 5.25. The largest absolute Gasteiger partial charge is 0.461 e. The van der Waals surface area contributed by atoms with Gasteiger partial charge in [0.1, 0.15) is 13.2 Å². The van der Waals surface area contributed by atoms with Crippen molar-refractivity contribution in [1.82, 2.24) is 0 Å². The monoisotopic (exact) mass is 566 g/mol. The van der Waals surface area contributed by atoms with Crippen LogP contribution in [0.1, 0.15) is 81.6 Å². The molecular weight excluding hydrogens is 516 g/mol. The lowest BCUT2D eigenvalue weighted by Crippen LogP contribution is -2.40. The van der Waals surface area contributed by atoms with Crippen LogP contribution in [0.15, 0.2) is 0 Å². The first-order valence-electron chi connectivity index (χ1n) is 13.7. The first-order chi connectivity index (χ1) is 18.3. The number of rotatable bonds is 23. The predicted octanol–water partition coefficient (Wildman–Crippen LogP) is 3.52. The van der Waals surface area contributed by atoms with Crippen LogP contribution in [0.25, 0.3) is 0 Å². The first kappa shape index (κ1) is 37.2. The van der Waals surface area contributed by atoms with Gasteiger partial charge in [-0.15, -0.1) is 0 Å². The fraction of sp³-hybridized carbons (Fsp3) is 0.889. The van der Waals surface area contributed by atoms with Gasteiger partial charge >= 0.3 is 17.9 Å². The van der Waals surface area contributed by atoms with E-state index in [2.05, 4.69) is 0 Å². The van der Waals surface area contributed by atoms with Crippen LogP contribution in [0.4, 0.5) is 0 Å². The predicted molar refractivity (Wildman–Crippen MR) is 141 cm³/mol. The maximum absolute atomic E-state index is 12.8. The van der Waals surface area contributed by atoms with Gasteiger partial charge in [0.15, 0.2) is 23.5 Å². The van der Waals surface area contributed by atoms with Crippen molar-refractivity contribution < 1.29 is 57.0 Å². The van der Waals surface area contributed by atoms with Gasteiger partial charge in [0, 0.05) is 39.6 Å². The molecule has 0 saturated heterocycles. The van der Waals surface area contributed by atoms with E-state index in [1.165, 1.54) is 0 Å². The molecule has 0 spiro atoms. The molecule has 0 saturated carbocycles. The van der Waals surface area contributed by atoms with Crippen molar-refractivity contribution in [3.8, 4) is 0 Å². The molecule has 0 fully saturated rings. The molecular formula is C27H50O12. The average Bonchev–Trinajstić information content (AvgIpc) is 2.81. The molecule has 0 aromatic carbocycles. The lowest BCUT2D eigenvalue weighted by Gasteiger charge is -2.30. The second kappa shape index (κ2) is 19.3. The molecule has 0 amide bonds. The van der Waals surface area contributed by atoms with Crippen LogP contribution in [0.2, 0.25) is 0 Å². The Morgan fingerprint density at radius 2 is 0.744 bits per heavy atom. The number of hydrogen-bond donors (Lipinski definition) is 0. The average molecular weight is 567 g/mol. The molecule has 0 rings (SSSR count). The summed E-state index contributed by atoms with van der Waals surface area (Å²) in [6.45, 7) is 16.8. The zero-order valence-electron chi connectivity index (χ0n) is 25.3. The molecule has 230 valence electrons. The smallest absolute Gasteiger partial charge is 0.311 e. The highest BCUT2D eigenvalue weighted by atomic mass is 16.7. The summed E-state index contributed by atoms with van der Waals surface area (Å²) in [5.74, 6) is -5.50. The summed E-state index contributed by atoms with van der Waals surface area (Å²) in [6.07, 6.45) is -1.70. The van der Waals surface area contributed by atoms with E-state index < -0.39 is 41.4 Å². The highest BCUT2D eigenvalue weighted by molar-refractivity contribution is 5.72. The summed E-state index contributed by atoms with van der Waals surface area (Å²) in [5.41, 5.74) is 0. The van der Waals surface area contributed by atoms with Crippen molar-refractivity contribution in [2.24, 2.45) is 0 Å². The third-order valence-electron chi connectivity index (χ3n) is 5.25. The number of carbonyl (C=O) groups is 3. The van der Waals surface area contributed by atoms with Crippen molar-refractivity contribution in [2.75, 3.05) is 52.9 Å². The molecule has 0 radical (unpaired) electrons. The maximum atomic E-state index is 12.8. The van der Waals surface area contributed by atoms with E-state index in [4.69, 9.17) is 42.6 Å². The maximum Gasteiger partial charge on any atom is 0.311 e. The first-order valence-corrected chi connectivity index (χ1v) is 13.7. The van der Waals surface area contributed by atoms with Crippen LogP contribution >= 0.6 is 0 Å². The Bertz CT molecular complexity index is 653. The molecule has 12 heteroatoms. The third kappa shape index (κ3) is 16.1. The van der Waals surface area contributed by atoms with Crippen LogP contribution in [0, 0.1) is 0 Å². The molecule has 0 aromatic rings.